The lowest BCUT2D eigenvalue weighted by Gasteiger charge is -2.08. The van der Waals surface area contributed by atoms with E-state index in [4.69, 9.17) is 10.5 Å². The van der Waals surface area contributed by atoms with Gasteiger partial charge in [-0.1, -0.05) is 12.1 Å². The molecule has 2 aromatic rings. The highest BCUT2D eigenvalue weighted by atomic mass is 16.5. The lowest BCUT2D eigenvalue weighted by molar-refractivity contribution is -0.115. The van der Waals surface area contributed by atoms with E-state index in [1.54, 1.807) is 31.4 Å². The first-order chi connectivity index (χ1) is 10.6. The molecule has 4 N–H and O–H groups in total. The van der Waals surface area contributed by atoms with E-state index >= 15 is 0 Å². The van der Waals surface area contributed by atoms with Crippen LogP contribution in [0.2, 0.25) is 0 Å². The fourth-order valence-corrected chi connectivity index (χ4v) is 1.95. The van der Waals surface area contributed by atoms with Crippen LogP contribution in [0.1, 0.15) is 5.56 Å². The molecule has 6 heteroatoms. The summed E-state index contributed by atoms with van der Waals surface area (Å²) in [6.07, 6.45) is 0.248. The number of rotatable bonds is 5. The fourth-order valence-electron chi connectivity index (χ4n) is 1.95. The van der Waals surface area contributed by atoms with Crippen LogP contribution < -0.4 is 21.1 Å². The second-order valence-corrected chi connectivity index (χ2v) is 4.64. The molecular weight excluding hydrogens is 282 g/mol. The molecule has 0 spiro atoms. The largest absolute Gasteiger partial charge is 0.497 e. The van der Waals surface area contributed by atoms with Gasteiger partial charge in [-0.15, -0.1) is 0 Å². The number of nitrogens with one attached hydrogen (secondary N) is 2. The van der Waals surface area contributed by atoms with Crippen molar-refractivity contribution in [3.63, 3.8) is 0 Å². The van der Waals surface area contributed by atoms with Gasteiger partial charge in [0.25, 0.3) is 0 Å². The van der Waals surface area contributed by atoms with Crippen molar-refractivity contribution in [3.8, 4) is 5.75 Å². The molecule has 0 heterocycles. The van der Waals surface area contributed by atoms with Crippen LogP contribution in [0, 0.1) is 0 Å². The topological polar surface area (TPSA) is 93.4 Å². The Bertz CT molecular complexity index is 669. The predicted molar refractivity (Wildman–Crippen MR) is 85.0 cm³/mol. The quantitative estimate of drug-likeness (QED) is 0.791. The van der Waals surface area contributed by atoms with Crippen LogP contribution in [0.4, 0.5) is 16.2 Å². The van der Waals surface area contributed by atoms with Gasteiger partial charge in [0, 0.05) is 11.4 Å². The van der Waals surface area contributed by atoms with Crippen molar-refractivity contribution >= 4 is 23.3 Å². The summed E-state index contributed by atoms with van der Waals surface area (Å²) in [7, 11) is 1.58. The minimum atomic E-state index is -0.630. The van der Waals surface area contributed by atoms with Crippen LogP contribution in [-0.2, 0) is 11.2 Å². The number of hydrogen-bond donors (Lipinski definition) is 3. The Labute approximate surface area is 128 Å². The van der Waals surface area contributed by atoms with E-state index in [1.807, 2.05) is 24.3 Å². The molecule has 0 bridgehead atoms. The third-order valence-corrected chi connectivity index (χ3v) is 2.94. The van der Waals surface area contributed by atoms with Crippen molar-refractivity contribution in [1.82, 2.24) is 0 Å². The molecule has 2 aromatic carbocycles. The van der Waals surface area contributed by atoms with Gasteiger partial charge in [-0.05, 0) is 42.0 Å². The molecular formula is C16H17N3O3. The fraction of sp³-hybridized carbons (Fsp3) is 0.125. The third-order valence-electron chi connectivity index (χ3n) is 2.94. The minimum absolute atomic E-state index is 0.135. The molecule has 0 radical (unpaired) electrons. The first kappa shape index (κ1) is 15.4. The van der Waals surface area contributed by atoms with Crippen molar-refractivity contribution in [2.45, 2.75) is 6.42 Å². The molecule has 22 heavy (non-hydrogen) atoms. The first-order valence-electron chi connectivity index (χ1n) is 6.66. The van der Waals surface area contributed by atoms with Crippen LogP contribution in [0.25, 0.3) is 0 Å². The normalized spacial score (nSPS) is 9.86. The van der Waals surface area contributed by atoms with E-state index < -0.39 is 6.03 Å². The number of ether oxygens (including phenoxy) is 1. The highest BCUT2D eigenvalue weighted by Crippen LogP contribution is 2.15. The second-order valence-electron chi connectivity index (χ2n) is 4.64. The van der Waals surface area contributed by atoms with E-state index in [2.05, 4.69) is 10.6 Å². The van der Waals surface area contributed by atoms with Gasteiger partial charge in [0.1, 0.15) is 5.75 Å². The Balaban J connectivity index is 1.95. The number of methoxy groups -OCH3 is 1. The third kappa shape index (κ3) is 4.52. The summed E-state index contributed by atoms with van der Waals surface area (Å²) in [6, 6.07) is 13.4. The highest BCUT2D eigenvalue weighted by Gasteiger charge is 2.05. The summed E-state index contributed by atoms with van der Waals surface area (Å²) < 4.78 is 5.12. The predicted octanol–water partition coefficient (Wildman–Crippen LogP) is 2.37. The standard InChI is InChI=1S/C16H17N3O3/c1-22-14-4-2-3-11(9-14)10-15(20)18-12-5-7-13(8-6-12)19-16(17)21/h2-9H,10H2,1H3,(H,18,20)(H3,17,19,21). The van der Waals surface area contributed by atoms with Gasteiger partial charge >= 0.3 is 6.03 Å². The van der Waals surface area contributed by atoms with Gasteiger partial charge in [0.05, 0.1) is 13.5 Å². The molecule has 0 saturated heterocycles. The monoisotopic (exact) mass is 299 g/mol. The van der Waals surface area contributed by atoms with Crippen LogP contribution in [-0.4, -0.2) is 19.0 Å². The van der Waals surface area contributed by atoms with Crippen molar-refractivity contribution in [1.29, 1.82) is 0 Å². The zero-order valence-corrected chi connectivity index (χ0v) is 12.1. The molecule has 0 aliphatic rings. The molecule has 0 aliphatic heterocycles. The number of carbonyl (C=O) groups is 2. The number of hydrogen-bond acceptors (Lipinski definition) is 3. The molecule has 0 unspecified atom stereocenters. The smallest absolute Gasteiger partial charge is 0.316 e. The molecule has 0 saturated carbocycles. The number of urea groups is 1. The van der Waals surface area contributed by atoms with E-state index in [9.17, 15) is 9.59 Å². The van der Waals surface area contributed by atoms with Crippen LogP contribution in [0.3, 0.4) is 0 Å². The molecule has 0 atom stereocenters. The Kier molecular flexibility index (Phi) is 4.98. The summed E-state index contributed by atoms with van der Waals surface area (Å²) >= 11 is 0. The molecule has 2 rings (SSSR count). The molecule has 0 aliphatic carbocycles. The number of anilines is 2. The number of benzene rings is 2. The Morgan fingerprint density at radius 1 is 1.05 bits per heavy atom. The summed E-state index contributed by atoms with van der Waals surface area (Å²) in [5.41, 5.74) is 7.10. The molecule has 0 fully saturated rings. The van der Waals surface area contributed by atoms with Gasteiger partial charge in [-0.3, -0.25) is 4.79 Å². The van der Waals surface area contributed by atoms with Crippen molar-refractivity contribution in [2.75, 3.05) is 17.7 Å². The lowest BCUT2D eigenvalue weighted by atomic mass is 10.1. The molecule has 3 amide bonds. The zero-order valence-electron chi connectivity index (χ0n) is 12.1. The van der Waals surface area contributed by atoms with Crippen LogP contribution in [0.5, 0.6) is 5.75 Å². The first-order valence-corrected chi connectivity index (χ1v) is 6.66. The number of amides is 3. The summed E-state index contributed by atoms with van der Waals surface area (Å²) in [5.74, 6) is 0.580. The van der Waals surface area contributed by atoms with E-state index in [0.717, 1.165) is 5.56 Å². The summed E-state index contributed by atoms with van der Waals surface area (Å²) in [4.78, 5) is 22.7. The van der Waals surface area contributed by atoms with Gasteiger partial charge in [-0.2, -0.15) is 0 Å². The summed E-state index contributed by atoms with van der Waals surface area (Å²) in [5, 5.41) is 5.23. The number of nitrogens with two attached hydrogens (primary N) is 1. The number of carbonyl (C=O) groups excluding carboxylic acids is 2. The van der Waals surface area contributed by atoms with Crippen molar-refractivity contribution in [3.05, 3.63) is 54.1 Å². The van der Waals surface area contributed by atoms with Gasteiger partial charge in [-0.25, -0.2) is 4.79 Å². The van der Waals surface area contributed by atoms with Crippen molar-refractivity contribution < 1.29 is 14.3 Å². The molecule has 0 aromatic heterocycles. The van der Waals surface area contributed by atoms with Crippen molar-refractivity contribution in [2.24, 2.45) is 5.73 Å². The zero-order chi connectivity index (χ0) is 15.9. The average molecular weight is 299 g/mol. The number of primary amides is 1. The van der Waals surface area contributed by atoms with E-state index in [0.29, 0.717) is 17.1 Å². The van der Waals surface area contributed by atoms with Gasteiger partial charge in [0.15, 0.2) is 0 Å². The maximum atomic E-state index is 12.0. The highest BCUT2D eigenvalue weighted by molar-refractivity contribution is 5.93. The Morgan fingerprint density at radius 3 is 2.27 bits per heavy atom. The Hall–Kier alpha value is -3.02. The van der Waals surface area contributed by atoms with Crippen LogP contribution >= 0.6 is 0 Å². The lowest BCUT2D eigenvalue weighted by Crippen LogP contribution is -2.19. The average Bonchev–Trinajstić information content (AvgIpc) is 2.49. The minimum Gasteiger partial charge on any atom is -0.497 e. The van der Waals surface area contributed by atoms with E-state index in [1.165, 1.54) is 0 Å². The van der Waals surface area contributed by atoms with Gasteiger partial charge in [0.2, 0.25) is 5.91 Å². The van der Waals surface area contributed by atoms with Gasteiger partial charge < -0.3 is 21.1 Å². The summed E-state index contributed by atoms with van der Waals surface area (Å²) in [6.45, 7) is 0. The SMILES string of the molecule is COc1cccc(CC(=O)Nc2ccc(NC(N)=O)cc2)c1. The second kappa shape index (κ2) is 7.12. The molecule has 6 nitrogen and oxygen atoms in total. The Morgan fingerprint density at radius 2 is 1.68 bits per heavy atom. The molecule has 114 valence electrons. The van der Waals surface area contributed by atoms with Crippen LogP contribution in [0.15, 0.2) is 48.5 Å². The maximum absolute atomic E-state index is 12.0. The maximum Gasteiger partial charge on any atom is 0.316 e. The van der Waals surface area contributed by atoms with E-state index in [-0.39, 0.29) is 12.3 Å².